The van der Waals surface area contributed by atoms with Crippen LogP contribution < -0.4 is 5.32 Å². The molecule has 0 bridgehead atoms. The molecule has 0 saturated carbocycles. The van der Waals surface area contributed by atoms with Crippen molar-refractivity contribution >= 4 is 17.2 Å². The van der Waals surface area contributed by atoms with Crippen LogP contribution in [-0.4, -0.2) is 28.9 Å². The Kier molecular flexibility index (Phi) is 5.65. The number of rotatable bonds is 7. The molecule has 5 nitrogen and oxygen atoms in total. The predicted octanol–water partition coefficient (Wildman–Crippen LogP) is 4.05. The zero-order valence-electron chi connectivity index (χ0n) is 15.1. The zero-order valence-corrected chi connectivity index (χ0v) is 16.0. The minimum Gasteiger partial charge on any atom is -0.472 e. The van der Waals surface area contributed by atoms with E-state index in [0.717, 1.165) is 30.8 Å². The molecule has 4 heterocycles. The third-order valence-electron chi connectivity index (χ3n) is 4.96. The number of carbonyl (C=O) groups is 1. The molecule has 0 spiro atoms. The Balaban J connectivity index is 1.34. The van der Waals surface area contributed by atoms with Crippen molar-refractivity contribution in [2.45, 2.75) is 31.8 Å². The second-order valence-corrected chi connectivity index (χ2v) is 7.94. The van der Waals surface area contributed by atoms with Crippen LogP contribution in [0.5, 0.6) is 0 Å². The molecule has 3 aromatic rings. The Morgan fingerprint density at radius 1 is 1.22 bits per heavy atom. The summed E-state index contributed by atoms with van der Waals surface area (Å²) in [6, 6.07) is 10.4. The Labute approximate surface area is 163 Å². The van der Waals surface area contributed by atoms with Gasteiger partial charge in [-0.25, -0.2) is 0 Å². The lowest BCUT2D eigenvalue weighted by Crippen LogP contribution is -2.24. The number of pyridine rings is 1. The predicted molar refractivity (Wildman–Crippen MR) is 106 cm³/mol. The van der Waals surface area contributed by atoms with Gasteiger partial charge in [-0.3, -0.25) is 14.7 Å². The first-order valence-electron chi connectivity index (χ1n) is 9.31. The van der Waals surface area contributed by atoms with Crippen molar-refractivity contribution in [1.29, 1.82) is 0 Å². The number of hydrogen-bond acceptors (Lipinski definition) is 5. The van der Waals surface area contributed by atoms with Crippen LogP contribution in [0, 0.1) is 0 Å². The lowest BCUT2D eigenvalue weighted by Gasteiger charge is -2.22. The fourth-order valence-corrected chi connectivity index (χ4v) is 4.66. The highest BCUT2D eigenvalue weighted by Gasteiger charge is 2.28. The highest BCUT2D eigenvalue weighted by atomic mass is 32.1. The number of aromatic nitrogens is 1. The molecule has 27 heavy (non-hydrogen) atoms. The molecule has 0 radical (unpaired) electrons. The molecule has 1 aliphatic heterocycles. The molecule has 0 aliphatic carbocycles. The standard InChI is InChI=1S/C21H23N3O2S/c25-21(23-11-7-16-5-9-22-10-6-16)20-4-3-19(27-20)18-2-1-12-24(18)14-17-8-13-26-15-17/h3-6,8-10,13,15,18H,1-2,7,11-12,14H2,(H,23,25)/t18-/m0/s1. The molecule has 0 unspecified atom stereocenters. The van der Waals surface area contributed by atoms with Gasteiger partial charge in [0.25, 0.3) is 5.91 Å². The number of nitrogens with one attached hydrogen (secondary N) is 1. The van der Waals surface area contributed by atoms with E-state index in [1.165, 1.54) is 22.4 Å². The number of furan rings is 1. The first-order chi connectivity index (χ1) is 13.3. The van der Waals surface area contributed by atoms with Crippen molar-refractivity contribution < 1.29 is 9.21 Å². The van der Waals surface area contributed by atoms with Crippen LogP contribution in [0.2, 0.25) is 0 Å². The van der Waals surface area contributed by atoms with Gasteiger partial charge in [0.15, 0.2) is 0 Å². The lowest BCUT2D eigenvalue weighted by atomic mass is 10.1. The van der Waals surface area contributed by atoms with Gasteiger partial charge in [0.05, 0.1) is 17.4 Å². The topological polar surface area (TPSA) is 58.4 Å². The third kappa shape index (κ3) is 4.46. The molecule has 3 aromatic heterocycles. The van der Waals surface area contributed by atoms with E-state index >= 15 is 0 Å². The fraction of sp³-hybridized carbons (Fsp3) is 0.333. The van der Waals surface area contributed by atoms with E-state index in [-0.39, 0.29) is 5.91 Å². The molecule has 1 aliphatic rings. The molecule has 0 aromatic carbocycles. The summed E-state index contributed by atoms with van der Waals surface area (Å²) in [7, 11) is 0. The van der Waals surface area contributed by atoms with Crippen molar-refractivity contribution in [2.75, 3.05) is 13.1 Å². The Hall–Kier alpha value is -2.44. The van der Waals surface area contributed by atoms with Gasteiger partial charge in [-0.05, 0) is 61.7 Å². The monoisotopic (exact) mass is 381 g/mol. The summed E-state index contributed by atoms with van der Waals surface area (Å²) < 4.78 is 5.19. The molecule has 4 rings (SSSR count). The molecule has 1 atom stereocenters. The average Bonchev–Trinajstić information content (AvgIpc) is 3.44. The molecule has 140 valence electrons. The first-order valence-corrected chi connectivity index (χ1v) is 10.1. The minimum atomic E-state index is 0.0136. The van der Waals surface area contributed by atoms with Gasteiger partial charge in [-0.2, -0.15) is 0 Å². The van der Waals surface area contributed by atoms with Crippen LogP contribution in [0.1, 0.15) is 44.6 Å². The van der Waals surface area contributed by atoms with E-state index in [4.69, 9.17) is 4.42 Å². The highest BCUT2D eigenvalue weighted by Crippen LogP contribution is 2.36. The van der Waals surface area contributed by atoms with E-state index in [9.17, 15) is 4.79 Å². The summed E-state index contributed by atoms with van der Waals surface area (Å²) in [6.07, 6.45) is 10.2. The van der Waals surface area contributed by atoms with Gasteiger partial charge in [0.1, 0.15) is 0 Å². The maximum atomic E-state index is 12.5. The third-order valence-corrected chi connectivity index (χ3v) is 6.14. The number of hydrogen-bond donors (Lipinski definition) is 1. The van der Waals surface area contributed by atoms with Gasteiger partial charge in [0, 0.05) is 42.0 Å². The number of amides is 1. The summed E-state index contributed by atoms with van der Waals surface area (Å²) in [5.74, 6) is 0.0136. The number of carbonyl (C=O) groups excluding carboxylic acids is 1. The SMILES string of the molecule is O=C(NCCc1ccncc1)c1ccc([C@@H]2CCCN2Cc2ccoc2)s1. The van der Waals surface area contributed by atoms with E-state index in [1.54, 1.807) is 30.0 Å². The lowest BCUT2D eigenvalue weighted by molar-refractivity contribution is 0.0958. The second-order valence-electron chi connectivity index (χ2n) is 6.82. The Morgan fingerprint density at radius 2 is 2.11 bits per heavy atom. The average molecular weight is 382 g/mol. The second kappa shape index (κ2) is 8.50. The fourth-order valence-electron chi connectivity index (χ4n) is 3.57. The van der Waals surface area contributed by atoms with Crippen molar-refractivity contribution in [2.24, 2.45) is 0 Å². The molecule has 6 heteroatoms. The number of thiophene rings is 1. The molecular weight excluding hydrogens is 358 g/mol. The van der Waals surface area contributed by atoms with Crippen LogP contribution >= 0.6 is 11.3 Å². The summed E-state index contributed by atoms with van der Waals surface area (Å²) >= 11 is 1.61. The number of nitrogens with zero attached hydrogens (tertiary/aromatic N) is 2. The Morgan fingerprint density at radius 3 is 2.93 bits per heavy atom. The molecular formula is C21H23N3O2S. The number of likely N-dealkylation sites (tertiary alicyclic amines) is 1. The summed E-state index contributed by atoms with van der Waals surface area (Å²) in [5.41, 5.74) is 2.38. The molecule has 1 saturated heterocycles. The van der Waals surface area contributed by atoms with E-state index in [0.29, 0.717) is 12.6 Å². The summed E-state index contributed by atoms with van der Waals surface area (Å²) in [5, 5.41) is 3.02. The molecule has 1 amide bonds. The van der Waals surface area contributed by atoms with Crippen LogP contribution in [0.3, 0.4) is 0 Å². The first kappa shape index (κ1) is 17.9. The van der Waals surface area contributed by atoms with Gasteiger partial charge in [-0.15, -0.1) is 11.3 Å². The van der Waals surface area contributed by atoms with Crippen molar-refractivity contribution in [3.63, 3.8) is 0 Å². The van der Waals surface area contributed by atoms with Crippen molar-refractivity contribution in [1.82, 2.24) is 15.2 Å². The van der Waals surface area contributed by atoms with Gasteiger partial charge in [0.2, 0.25) is 0 Å². The van der Waals surface area contributed by atoms with Gasteiger partial charge < -0.3 is 9.73 Å². The van der Waals surface area contributed by atoms with Crippen LogP contribution in [-0.2, 0) is 13.0 Å². The molecule has 1 N–H and O–H groups in total. The zero-order chi connectivity index (χ0) is 18.5. The van der Waals surface area contributed by atoms with Crippen LogP contribution in [0.4, 0.5) is 0 Å². The maximum Gasteiger partial charge on any atom is 0.261 e. The summed E-state index contributed by atoms with van der Waals surface area (Å²) in [6.45, 7) is 2.61. The van der Waals surface area contributed by atoms with Crippen LogP contribution in [0.15, 0.2) is 59.7 Å². The van der Waals surface area contributed by atoms with E-state index < -0.39 is 0 Å². The van der Waals surface area contributed by atoms with Gasteiger partial charge >= 0.3 is 0 Å². The van der Waals surface area contributed by atoms with Crippen molar-refractivity contribution in [3.8, 4) is 0 Å². The summed E-state index contributed by atoms with van der Waals surface area (Å²) in [4.78, 5) is 21.0. The van der Waals surface area contributed by atoms with Crippen molar-refractivity contribution in [3.05, 3.63) is 76.1 Å². The quantitative estimate of drug-likeness (QED) is 0.671. The van der Waals surface area contributed by atoms with E-state index in [1.807, 2.05) is 30.5 Å². The largest absolute Gasteiger partial charge is 0.472 e. The smallest absolute Gasteiger partial charge is 0.261 e. The minimum absolute atomic E-state index is 0.0136. The van der Waals surface area contributed by atoms with Gasteiger partial charge in [-0.1, -0.05) is 0 Å². The normalized spacial score (nSPS) is 17.3. The Bertz CT molecular complexity index is 861. The van der Waals surface area contributed by atoms with E-state index in [2.05, 4.69) is 21.3 Å². The van der Waals surface area contributed by atoms with Crippen LogP contribution in [0.25, 0.3) is 0 Å². The maximum absolute atomic E-state index is 12.5. The molecule has 1 fully saturated rings. The highest BCUT2D eigenvalue weighted by molar-refractivity contribution is 7.14.